The van der Waals surface area contributed by atoms with Crippen molar-refractivity contribution in [1.82, 2.24) is 4.98 Å². The third-order valence-electron chi connectivity index (χ3n) is 5.20. The quantitative estimate of drug-likeness (QED) is 0.639. The summed E-state index contributed by atoms with van der Waals surface area (Å²) in [6, 6.07) is 13.6. The van der Waals surface area contributed by atoms with Gasteiger partial charge in [0.2, 0.25) is 0 Å². The van der Waals surface area contributed by atoms with Crippen molar-refractivity contribution in [2.24, 2.45) is 0 Å². The zero-order valence-corrected chi connectivity index (χ0v) is 16.4. The van der Waals surface area contributed by atoms with Crippen LogP contribution in [0.15, 0.2) is 48.5 Å². The first-order chi connectivity index (χ1) is 13.9. The number of hydrogen-bond acceptors (Lipinski definition) is 7. The van der Waals surface area contributed by atoms with Crippen LogP contribution in [0.2, 0.25) is 0 Å². The molecule has 2 unspecified atom stereocenters. The molecule has 7 nitrogen and oxygen atoms in total. The van der Waals surface area contributed by atoms with Crippen molar-refractivity contribution in [2.75, 3.05) is 19.5 Å². The number of hydrogen-bond donors (Lipinski definition) is 2. The molecule has 1 saturated heterocycles. The maximum absolute atomic E-state index is 12.6. The van der Waals surface area contributed by atoms with E-state index < -0.39 is 11.6 Å². The number of carbonyl (C=O) groups is 1. The van der Waals surface area contributed by atoms with Gasteiger partial charge < -0.3 is 24.6 Å². The second-order valence-electron chi connectivity index (χ2n) is 7.16. The molecule has 0 saturated carbocycles. The van der Waals surface area contributed by atoms with Crippen LogP contribution in [-0.4, -0.2) is 36.3 Å². The molecule has 7 heteroatoms. The minimum Gasteiger partial charge on any atom is -0.506 e. The van der Waals surface area contributed by atoms with Gasteiger partial charge >= 0.3 is 5.97 Å². The zero-order valence-electron chi connectivity index (χ0n) is 16.4. The van der Waals surface area contributed by atoms with Crippen LogP contribution >= 0.6 is 0 Å². The highest BCUT2D eigenvalue weighted by Gasteiger charge is 2.46. The molecule has 2 atom stereocenters. The van der Waals surface area contributed by atoms with Crippen LogP contribution in [0.4, 0.5) is 5.82 Å². The van der Waals surface area contributed by atoms with E-state index in [1.165, 1.54) is 0 Å². The largest absolute Gasteiger partial charge is 0.506 e. The van der Waals surface area contributed by atoms with E-state index >= 15 is 0 Å². The number of nitrogens with zero attached hydrogens (tertiary/aromatic N) is 1. The van der Waals surface area contributed by atoms with E-state index in [0.29, 0.717) is 29.3 Å². The average molecular weight is 394 g/mol. The minimum atomic E-state index is -0.881. The van der Waals surface area contributed by atoms with Crippen LogP contribution in [0.5, 0.6) is 17.2 Å². The topological polar surface area (TPSA) is 89.9 Å². The molecule has 0 amide bonds. The number of cyclic esters (lactones) is 1. The maximum Gasteiger partial charge on any atom is 0.329 e. The van der Waals surface area contributed by atoms with Crippen LogP contribution in [0.1, 0.15) is 18.9 Å². The summed E-state index contributed by atoms with van der Waals surface area (Å²) in [5.74, 6) is 1.47. The van der Waals surface area contributed by atoms with Crippen molar-refractivity contribution in [3.05, 3.63) is 54.1 Å². The lowest BCUT2D eigenvalue weighted by Gasteiger charge is -2.25. The van der Waals surface area contributed by atoms with Crippen LogP contribution in [0.3, 0.4) is 0 Å². The van der Waals surface area contributed by atoms with Crippen molar-refractivity contribution in [1.29, 1.82) is 0 Å². The van der Waals surface area contributed by atoms with Gasteiger partial charge in [-0.1, -0.05) is 12.1 Å². The number of aromatic hydroxyl groups is 1. The van der Waals surface area contributed by atoms with Crippen LogP contribution in [0, 0.1) is 0 Å². The number of fused-ring (bicyclic) bond motifs is 1. The molecular weight excluding hydrogens is 372 g/mol. The fourth-order valence-electron chi connectivity index (χ4n) is 3.70. The van der Waals surface area contributed by atoms with E-state index in [0.717, 1.165) is 10.9 Å². The minimum absolute atomic E-state index is 0.0890. The molecule has 2 aromatic carbocycles. The molecule has 1 aromatic heterocycles. The Morgan fingerprint density at radius 3 is 2.76 bits per heavy atom. The molecule has 3 aromatic rings. The molecule has 0 radical (unpaired) electrons. The van der Waals surface area contributed by atoms with Gasteiger partial charge in [-0.3, -0.25) is 0 Å². The van der Waals surface area contributed by atoms with Crippen molar-refractivity contribution in [3.8, 4) is 17.2 Å². The van der Waals surface area contributed by atoms with Gasteiger partial charge in [0.05, 0.1) is 14.2 Å². The molecular formula is C22H22N2O5. The van der Waals surface area contributed by atoms with Crippen LogP contribution < -0.4 is 14.8 Å². The molecule has 1 aliphatic rings. The number of rotatable bonds is 5. The third kappa shape index (κ3) is 3.40. The Morgan fingerprint density at radius 1 is 1.17 bits per heavy atom. The predicted octanol–water partition coefficient (Wildman–Crippen LogP) is 3.60. The van der Waals surface area contributed by atoms with Gasteiger partial charge in [0, 0.05) is 17.4 Å². The fraction of sp³-hybridized carbons (Fsp3) is 0.273. The smallest absolute Gasteiger partial charge is 0.329 e. The number of carbonyl (C=O) groups excluding carboxylic acids is 1. The molecule has 2 heterocycles. The maximum atomic E-state index is 12.6. The monoisotopic (exact) mass is 394 g/mol. The number of methoxy groups -OCH3 is 2. The lowest BCUT2D eigenvalue weighted by atomic mass is 9.90. The molecule has 0 aliphatic carbocycles. The molecule has 150 valence electrons. The van der Waals surface area contributed by atoms with Gasteiger partial charge in [0.15, 0.2) is 0 Å². The molecule has 29 heavy (non-hydrogen) atoms. The highest BCUT2D eigenvalue weighted by Crippen LogP contribution is 2.43. The number of anilines is 1. The first-order valence-corrected chi connectivity index (χ1v) is 9.24. The van der Waals surface area contributed by atoms with E-state index in [1.807, 2.05) is 25.1 Å². The second-order valence-corrected chi connectivity index (χ2v) is 7.16. The lowest BCUT2D eigenvalue weighted by Crippen LogP contribution is -2.25. The Bertz CT molecular complexity index is 1080. The first-order valence-electron chi connectivity index (χ1n) is 9.24. The number of phenolic OH excluding ortho intramolecular Hbond substituents is 1. The van der Waals surface area contributed by atoms with Gasteiger partial charge in [0.1, 0.15) is 40.2 Å². The number of para-hydroxylation sites is 1. The highest BCUT2D eigenvalue weighted by molar-refractivity contribution is 5.87. The number of ether oxygens (including phenoxy) is 3. The van der Waals surface area contributed by atoms with E-state index in [9.17, 15) is 9.90 Å². The van der Waals surface area contributed by atoms with E-state index in [1.54, 1.807) is 44.6 Å². The number of phenols is 1. The number of nitrogens with one attached hydrogen (secondary N) is 1. The Hall–Kier alpha value is -3.48. The summed E-state index contributed by atoms with van der Waals surface area (Å²) in [6.45, 7) is 1.85. The van der Waals surface area contributed by atoms with Gasteiger partial charge in [0.25, 0.3) is 0 Å². The van der Waals surface area contributed by atoms with Crippen molar-refractivity contribution >= 4 is 22.7 Å². The predicted molar refractivity (Wildman–Crippen MR) is 108 cm³/mol. The summed E-state index contributed by atoms with van der Waals surface area (Å²) in [4.78, 5) is 17.1. The summed E-state index contributed by atoms with van der Waals surface area (Å²) in [5.41, 5.74) is 0.329. The summed E-state index contributed by atoms with van der Waals surface area (Å²) in [5, 5.41) is 14.0. The van der Waals surface area contributed by atoms with Crippen LogP contribution in [-0.2, 0) is 15.1 Å². The Balaban J connectivity index is 1.62. The van der Waals surface area contributed by atoms with Crippen LogP contribution in [0.25, 0.3) is 10.9 Å². The molecule has 2 N–H and O–H groups in total. The third-order valence-corrected chi connectivity index (χ3v) is 5.20. The molecule has 0 bridgehead atoms. The van der Waals surface area contributed by atoms with Crippen molar-refractivity contribution in [2.45, 2.75) is 25.0 Å². The number of esters is 1. The van der Waals surface area contributed by atoms with Crippen molar-refractivity contribution < 1.29 is 24.1 Å². The number of benzene rings is 2. The Labute approximate surface area is 168 Å². The lowest BCUT2D eigenvalue weighted by molar-refractivity contribution is -0.148. The Kier molecular flexibility index (Phi) is 4.66. The number of aromatic nitrogens is 1. The van der Waals surface area contributed by atoms with Gasteiger partial charge in [-0.25, -0.2) is 9.78 Å². The standard InChI is InChI=1S/C22H22N2O5/c1-22(15-11-14(27-2)8-9-18(15)28-3)12-16(21(26)29-22)23-19-10-7-13-5-4-6-17(25)20(13)24-19/h4-11,16,25H,12H2,1-3H3,(H,23,24). The average Bonchev–Trinajstić information content (AvgIpc) is 3.02. The zero-order chi connectivity index (χ0) is 20.6. The molecule has 1 aliphatic heterocycles. The molecule has 1 fully saturated rings. The summed E-state index contributed by atoms with van der Waals surface area (Å²) >= 11 is 0. The normalized spacial score (nSPS) is 21.1. The van der Waals surface area contributed by atoms with E-state index in [2.05, 4.69) is 10.3 Å². The van der Waals surface area contributed by atoms with E-state index in [4.69, 9.17) is 14.2 Å². The fourth-order valence-corrected chi connectivity index (χ4v) is 3.70. The van der Waals surface area contributed by atoms with Gasteiger partial charge in [-0.15, -0.1) is 0 Å². The van der Waals surface area contributed by atoms with Gasteiger partial charge in [-0.2, -0.15) is 0 Å². The summed E-state index contributed by atoms with van der Waals surface area (Å²) in [7, 11) is 3.16. The van der Waals surface area contributed by atoms with Gasteiger partial charge in [-0.05, 0) is 43.3 Å². The molecule has 0 spiro atoms. The number of pyridine rings is 1. The molecule has 4 rings (SSSR count). The van der Waals surface area contributed by atoms with Crippen molar-refractivity contribution in [3.63, 3.8) is 0 Å². The first kappa shape index (κ1) is 18.9. The summed E-state index contributed by atoms with van der Waals surface area (Å²) < 4.78 is 16.5. The Morgan fingerprint density at radius 2 is 2.00 bits per heavy atom. The highest BCUT2D eigenvalue weighted by atomic mass is 16.6. The van der Waals surface area contributed by atoms with E-state index in [-0.39, 0.29) is 11.7 Å². The second kappa shape index (κ2) is 7.16. The SMILES string of the molecule is COc1ccc(OC)c(C2(C)CC(Nc3ccc4cccc(O)c4n3)C(=O)O2)c1. The summed E-state index contributed by atoms with van der Waals surface area (Å²) in [6.07, 6.45) is 0.385.